The van der Waals surface area contributed by atoms with E-state index in [1.807, 2.05) is 0 Å². The van der Waals surface area contributed by atoms with Crippen molar-refractivity contribution in [3.8, 4) is 0 Å². The topological polar surface area (TPSA) is 0 Å². The van der Waals surface area contributed by atoms with Crippen molar-refractivity contribution < 1.29 is 0 Å². The van der Waals surface area contributed by atoms with E-state index in [2.05, 4.69) is 121 Å². The Labute approximate surface area is 208 Å². The highest BCUT2D eigenvalue weighted by atomic mass is 31.1. The normalized spacial score (nSPS) is 15.5. The summed E-state index contributed by atoms with van der Waals surface area (Å²) in [6.45, 7) is 0. The van der Waals surface area contributed by atoms with E-state index in [4.69, 9.17) is 0 Å². The fourth-order valence-corrected chi connectivity index (χ4v) is 11.8. The van der Waals surface area contributed by atoms with E-state index in [1.165, 1.54) is 59.5 Å². The van der Waals surface area contributed by atoms with Crippen LogP contribution in [-0.4, -0.2) is 11.8 Å². The van der Waals surface area contributed by atoms with Gasteiger partial charge in [0.15, 0.2) is 0 Å². The number of hydrogen-bond acceptors (Lipinski definition) is 0. The van der Waals surface area contributed by atoms with Gasteiger partial charge in [0.05, 0.1) is 0 Å². The molecule has 1 saturated carbocycles. The first-order chi connectivity index (χ1) is 16.9. The van der Waals surface area contributed by atoms with Gasteiger partial charge in [-0.15, -0.1) is 0 Å². The third kappa shape index (κ3) is 5.68. The maximum atomic E-state index is 2.39. The summed E-state index contributed by atoms with van der Waals surface area (Å²) in [5.74, 6) is 0.803. The zero-order valence-electron chi connectivity index (χ0n) is 19.8. The molecule has 0 bridgehead atoms. The first kappa shape index (κ1) is 23.5. The summed E-state index contributed by atoms with van der Waals surface area (Å²) in [4.78, 5) is 0. The lowest BCUT2D eigenvalue weighted by Gasteiger charge is -2.39. The van der Waals surface area contributed by atoms with Crippen LogP contribution >= 0.6 is 15.8 Å². The molecule has 1 aliphatic rings. The highest BCUT2D eigenvalue weighted by molar-refractivity contribution is 7.77. The summed E-state index contributed by atoms with van der Waals surface area (Å²) in [5, 5.41) is 6.10. The monoisotopic (exact) mass is 480 g/mol. The molecule has 1 unspecified atom stereocenters. The van der Waals surface area contributed by atoms with Crippen LogP contribution in [0.1, 0.15) is 32.1 Å². The van der Waals surface area contributed by atoms with Crippen molar-refractivity contribution in [2.24, 2.45) is 5.92 Å². The van der Waals surface area contributed by atoms with Crippen LogP contribution in [0.2, 0.25) is 0 Å². The zero-order valence-corrected chi connectivity index (χ0v) is 21.6. The van der Waals surface area contributed by atoms with E-state index in [0.717, 1.165) is 5.92 Å². The third-order valence-corrected chi connectivity index (χ3v) is 13.0. The fourth-order valence-electron chi connectivity index (χ4n) is 5.43. The van der Waals surface area contributed by atoms with Crippen molar-refractivity contribution >= 4 is 37.1 Å². The molecule has 0 nitrogen and oxygen atoms in total. The Morgan fingerprint density at radius 1 is 0.500 bits per heavy atom. The molecule has 0 amide bonds. The van der Waals surface area contributed by atoms with Crippen LogP contribution in [0.25, 0.3) is 0 Å². The minimum absolute atomic E-state index is 0.412. The van der Waals surface area contributed by atoms with Gasteiger partial charge in [-0.2, -0.15) is 0 Å². The molecule has 172 valence electrons. The minimum Gasteiger partial charge on any atom is -0.0622 e. The SMILES string of the molecule is c1ccc(P(CC(C2CCCCC2)P(c2ccccc2)c2ccccc2)c2ccccc2)cc1. The van der Waals surface area contributed by atoms with E-state index in [0.29, 0.717) is 5.66 Å². The van der Waals surface area contributed by atoms with Gasteiger partial charge in [0.1, 0.15) is 0 Å². The second-order valence-corrected chi connectivity index (χ2v) is 14.0. The van der Waals surface area contributed by atoms with E-state index in [1.54, 1.807) is 0 Å². The van der Waals surface area contributed by atoms with Gasteiger partial charge in [-0.25, -0.2) is 0 Å². The Balaban J connectivity index is 1.60. The molecule has 0 heterocycles. The summed E-state index contributed by atoms with van der Waals surface area (Å²) in [7, 11) is -0.846. The standard InChI is InChI=1S/C32H34P2/c1-6-16-27(17-7-1)32(34(30-22-12-4-13-23-30)31-24-14-5-15-25-31)26-33(28-18-8-2-9-19-28)29-20-10-3-11-21-29/h2-5,8-15,18-25,27,32H,1,6-7,16-17,26H2. The second-order valence-electron chi connectivity index (χ2n) is 9.29. The number of benzene rings is 4. The zero-order chi connectivity index (χ0) is 23.0. The summed E-state index contributed by atoms with van der Waals surface area (Å²) in [6, 6.07) is 45.5. The van der Waals surface area contributed by atoms with Crippen molar-refractivity contribution in [1.82, 2.24) is 0 Å². The van der Waals surface area contributed by atoms with E-state index in [9.17, 15) is 0 Å². The van der Waals surface area contributed by atoms with Crippen LogP contribution in [0, 0.1) is 5.92 Å². The average Bonchev–Trinajstić information content (AvgIpc) is 2.93. The fraction of sp³-hybridized carbons (Fsp3) is 0.250. The molecule has 0 aliphatic heterocycles. The van der Waals surface area contributed by atoms with Gasteiger partial charge in [0.2, 0.25) is 0 Å². The molecular weight excluding hydrogens is 446 g/mol. The van der Waals surface area contributed by atoms with Crippen LogP contribution < -0.4 is 21.2 Å². The lowest BCUT2D eigenvalue weighted by atomic mass is 9.87. The van der Waals surface area contributed by atoms with E-state index in [-0.39, 0.29) is 0 Å². The Kier molecular flexibility index (Phi) is 8.24. The van der Waals surface area contributed by atoms with Gasteiger partial charge in [0.25, 0.3) is 0 Å². The Morgan fingerprint density at radius 3 is 1.29 bits per heavy atom. The molecule has 5 rings (SSSR count). The number of hydrogen-bond donors (Lipinski definition) is 0. The molecule has 4 aromatic rings. The Hall–Kier alpha value is -2.26. The lowest BCUT2D eigenvalue weighted by molar-refractivity contribution is 0.357. The minimum atomic E-state index is -0.434. The molecule has 0 spiro atoms. The molecule has 1 fully saturated rings. The highest BCUT2D eigenvalue weighted by Gasteiger charge is 2.35. The van der Waals surface area contributed by atoms with Gasteiger partial charge >= 0.3 is 0 Å². The van der Waals surface area contributed by atoms with Crippen LogP contribution in [-0.2, 0) is 0 Å². The Bertz CT molecular complexity index is 1030. The third-order valence-electron chi connectivity index (χ3n) is 7.10. The van der Waals surface area contributed by atoms with Crippen LogP contribution in [0.5, 0.6) is 0 Å². The quantitative estimate of drug-likeness (QED) is 0.234. The summed E-state index contributed by atoms with van der Waals surface area (Å²) in [5.41, 5.74) is 0.687. The first-order valence-electron chi connectivity index (χ1n) is 12.7. The van der Waals surface area contributed by atoms with Crippen molar-refractivity contribution in [2.45, 2.75) is 37.8 Å². The molecule has 4 aromatic carbocycles. The van der Waals surface area contributed by atoms with Gasteiger partial charge < -0.3 is 0 Å². The van der Waals surface area contributed by atoms with Gasteiger partial charge in [-0.05, 0) is 67.6 Å². The van der Waals surface area contributed by atoms with Crippen molar-refractivity contribution in [2.75, 3.05) is 6.16 Å². The highest BCUT2D eigenvalue weighted by Crippen LogP contribution is 2.52. The molecule has 1 atom stereocenters. The van der Waals surface area contributed by atoms with Gasteiger partial charge in [-0.1, -0.05) is 141 Å². The second kappa shape index (κ2) is 11.9. The molecular formula is C32H34P2. The van der Waals surface area contributed by atoms with Crippen LogP contribution in [0.15, 0.2) is 121 Å². The van der Waals surface area contributed by atoms with Gasteiger partial charge in [-0.3, -0.25) is 0 Å². The van der Waals surface area contributed by atoms with Crippen molar-refractivity contribution in [1.29, 1.82) is 0 Å². The molecule has 0 aromatic heterocycles. The largest absolute Gasteiger partial charge is 0.0622 e. The smallest absolute Gasteiger partial charge is 0.00552 e. The molecule has 2 heteroatoms. The molecule has 1 aliphatic carbocycles. The maximum Gasteiger partial charge on any atom is -0.00552 e. The first-order valence-corrected chi connectivity index (χ1v) is 15.6. The van der Waals surface area contributed by atoms with Crippen molar-refractivity contribution in [3.63, 3.8) is 0 Å². The average molecular weight is 481 g/mol. The van der Waals surface area contributed by atoms with Gasteiger partial charge in [0, 0.05) is 0 Å². The summed E-state index contributed by atoms with van der Waals surface area (Å²) < 4.78 is 0. The van der Waals surface area contributed by atoms with Crippen LogP contribution in [0.4, 0.5) is 0 Å². The molecule has 0 saturated heterocycles. The molecule has 34 heavy (non-hydrogen) atoms. The van der Waals surface area contributed by atoms with E-state index < -0.39 is 15.8 Å². The summed E-state index contributed by atoms with van der Waals surface area (Å²) in [6.07, 6.45) is 8.23. The molecule has 0 radical (unpaired) electrons. The van der Waals surface area contributed by atoms with E-state index >= 15 is 0 Å². The maximum absolute atomic E-state index is 2.39. The Morgan fingerprint density at radius 2 is 0.882 bits per heavy atom. The molecule has 0 N–H and O–H groups in total. The van der Waals surface area contributed by atoms with Crippen molar-refractivity contribution in [3.05, 3.63) is 121 Å². The lowest BCUT2D eigenvalue weighted by Crippen LogP contribution is -2.34. The predicted octanol–water partition coefficient (Wildman–Crippen LogP) is 7.20. The van der Waals surface area contributed by atoms with Crippen LogP contribution in [0.3, 0.4) is 0 Å². The summed E-state index contributed by atoms with van der Waals surface area (Å²) >= 11 is 0. The number of rotatable bonds is 8. The predicted molar refractivity (Wildman–Crippen MR) is 153 cm³/mol.